The number of aromatic nitrogens is 2. The van der Waals surface area contributed by atoms with Gasteiger partial charge in [-0.15, -0.1) is 0 Å². The summed E-state index contributed by atoms with van der Waals surface area (Å²) >= 11 is 0. The Hall–Kier alpha value is -3.21. The number of amides is 1. The molecule has 0 radical (unpaired) electrons. The maximum absolute atomic E-state index is 13.5. The van der Waals surface area contributed by atoms with E-state index in [1.54, 1.807) is 6.07 Å². The molecule has 3 aromatic carbocycles. The van der Waals surface area contributed by atoms with Crippen molar-refractivity contribution in [2.45, 2.75) is 0 Å². The fourth-order valence-electron chi connectivity index (χ4n) is 2.81. The fourth-order valence-corrected chi connectivity index (χ4v) is 2.81. The zero-order chi connectivity index (χ0) is 16.0. The molecule has 0 aliphatic rings. The SMILES string of the molecule is NC(=O)n1nc(-c2ccc3ccccc3c2)c2ccc(F)cc21. The number of primary amides is 1. The maximum atomic E-state index is 13.5. The molecule has 0 fully saturated rings. The van der Waals surface area contributed by atoms with Gasteiger partial charge in [0.15, 0.2) is 0 Å². The zero-order valence-electron chi connectivity index (χ0n) is 12.0. The van der Waals surface area contributed by atoms with E-state index in [9.17, 15) is 9.18 Å². The molecule has 0 atom stereocenters. The molecule has 2 N–H and O–H groups in total. The minimum atomic E-state index is -0.743. The highest BCUT2D eigenvalue weighted by molar-refractivity contribution is 6.00. The lowest BCUT2D eigenvalue weighted by atomic mass is 10.0. The average molecular weight is 305 g/mol. The van der Waals surface area contributed by atoms with Crippen LogP contribution in [-0.2, 0) is 0 Å². The first-order chi connectivity index (χ1) is 11.1. The summed E-state index contributed by atoms with van der Waals surface area (Å²) in [5.41, 5.74) is 7.16. The number of carbonyl (C=O) groups excluding carboxylic acids is 1. The second-order valence-electron chi connectivity index (χ2n) is 5.32. The van der Waals surface area contributed by atoms with Crippen LogP contribution in [0.25, 0.3) is 32.9 Å². The number of fused-ring (bicyclic) bond motifs is 2. The molecule has 112 valence electrons. The third kappa shape index (κ3) is 2.14. The van der Waals surface area contributed by atoms with Gasteiger partial charge in [-0.05, 0) is 29.0 Å². The smallest absolute Gasteiger partial charge is 0.340 e. The molecule has 23 heavy (non-hydrogen) atoms. The first-order valence-corrected chi connectivity index (χ1v) is 7.11. The van der Waals surface area contributed by atoms with Crippen LogP contribution in [-0.4, -0.2) is 15.8 Å². The summed E-state index contributed by atoms with van der Waals surface area (Å²) in [4.78, 5) is 11.6. The van der Waals surface area contributed by atoms with Crippen LogP contribution < -0.4 is 5.73 Å². The van der Waals surface area contributed by atoms with Gasteiger partial charge < -0.3 is 5.73 Å². The topological polar surface area (TPSA) is 60.9 Å². The quantitative estimate of drug-likeness (QED) is 0.579. The van der Waals surface area contributed by atoms with Crippen LogP contribution in [0, 0.1) is 5.82 Å². The van der Waals surface area contributed by atoms with Gasteiger partial charge in [-0.2, -0.15) is 9.78 Å². The number of hydrogen-bond donors (Lipinski definition) is 1. The zero-order valence-corrected chi connectivity index (χ0v) is 12.0. The van der Waals surface area contributed by atoms with E-state index >= 15 is 0 Å². The molecule has 0 unspecified atom stereocenters. The predicted molar refractivity (Wildman–Crippen MR) is 87.6 cm³/mol. The third-order valence-electron chi connectivity index (χ3n) is 3.87. The molecule has 1 heterocycles. The Kier molecular flexibility index (Phi) is 2.87. The van der Waals surface area contributed by atoms with Gasteiger partial charge in [0.25, 0.3) is 0 Å². The highest BCUT2D eigenvalue weighted by Gasteiger charge is 2.16. The molecular formula is C18H12FN3O. The van der Waals surface area contributed by atoms with E-state index < -0.39 is 11.8 Å². The molecule has 0 saturated heterocycles. The van der Waals surface area contributed by atoms with Crippen molar-refractivity contribution in [3.8, 4) is 11.3 Å². The number of nitrogens with zero attached hydrogens (tertiary/aromatic N) is 2. The molecule has 0 aliphatic heterocycles. The maximum Gasteiger partial charge on any atom is 0.340 e. The van der Waals surface area contributed by atoms with E-state index in [4.69, 9.17) is 5.73 Å². The van der Waals surface area contributed by atoms with Crippen molar-refractivity contribution in [3.05, 3.63) is 66.5 Å². The monoisotopic (exact) mass is 305 g/mol. The van der Waals surface area contributed by atoms with Gasteiger partial charge in [-0.3, -0.25) is 0 Å². The van der Waals surface area contributed by atoms with Crippen molar-refractivity contribution in [3.63, 3.8) is 0 Å². The molecule has 0 saturated carbocycles. The van der Waals surface area contributed by atoms with Crippen molar-refractivity contribution < 1.29 is 9.18 Å². The van der Waals surface area contributed by atoms with Gasteiger partial charge in [-0.1, -0.05) is 36.4 Å². The first kappa shape index (κ1) is 13.5. The van der Waals surface area contributed by atoms with E-state index in [1.165, 1.54) is 12.1 Å². The Morgan fingerprint density at radius 2 is 1.78 bits per heavy atom. The molecule has 1 aromatic heterocycles. The van der Waals surface area contributed by atoms with Crippen LogP contribution in [0.1, 0.15) is 0 Å². The number of carbonyl (C=O) groups is 1. The van der Waals surface area contributed by atoms with Gasteiger partial charge in [0.2, 0.25) is 0 Å². The Morgan fingerprint density at radius 1 is 1.00 bits per heavy atom. The van der Waals surface area contributed by atoms with Crippen LogP contribution in [0.2, 0.25) is 0 Å². The molecule has 4 rings (SSSR count). The van der Waals surface area contributed by atoms with Crippen molar-refractivity contribution >= 4 is 27.7 Å². The Bertz CT molecular complexity index is 1070. The Balaban J connectivity index is 2.02. The summed E-state index contributed by atoms with van der Waals surface area (Å²) in [6, 6.07) is 17.4. The van der Waals surface area contributed by atoms with Crippen molar-refractivity contribution in [1.29, 1.82) is 0 Å². The van der Waals surface area contributed by atoms with Crippen LogP contribution in [0.3, 0.4) is 0 Å². The second-order valence-corrected chi connectivity index (χ2v) is 5.32. The average Bonchev–Trinajstić information content (AvgIpc) is 2.93. The molecule has 5 heteroatoms. The van der Waals surface area contributed by atoms with Gasteiger partial charge in [0, 0.05) is 17.0 Å². The molecule has 0 spiro atoms. The van der Waals surface area contributed by atoms with E-state index in [0.717, 1.165) is 21.0 Å². The number of rotatable bonds is 1. The lowest BCUT2D eigenvalue weighted by Crippen LogP contribution is -2.20. The number of nitrogens with two attached hydrogens (primary N) is 1. The summed E-state index contributed by atoms with van der Waals surface area (Å²) in [5.74, 6) is -0.440. The van der Waals surface area contributed by atoms with Crippen molar-refractivity contribution in [2.75, 3.05) is 0 Å². The highest BCUT2D eigenvalue weighted by atomic mass is 19.1. The second kappa shape index (κ2) is 4.91. The summed E-state index contributed by atoms with van der Waals surface area (Å²) in [5, 5.41) is 7.14. The van der Waals surface area contributed by atoms with Gasteiger partial charge in [-0.25, -0.2) is 9.18 Å². The number of hydrogen-bond acceptors (Lipinski definition) is 2. The van der Waals surface area contributed by atoms with Gasteiger partial charge in [0.1, 0.15) is 11.5 Å². The summed E-state index contributed by atoms with van der Waals surface area (Å²) < 4.78 is 14.5. The minimum Gasteiger partial charge on any atom is -0.350 e. The predicted octanol–water partition coefficient (Wildman–Crippen LogP) is 3.92. The largest absolute Gasteiger partial charge is 0.350 e. The Morgan fingerprint density at radius 3 is 2.57 bits per heavy atom. The van der Waals surface area contributed by atoms with Crippen LogP contribution in [0.4, 0.5) is 9.18 Å². The summed E-state index contributed by atoms with van der Waals surface area (Å²) in [6.45, 7) is 0. The molecule has 4 nitrogen and oxygen atoms in total. The normalized spacial score (nSPS) is 11.2. The van der Waals surface area contributed by atoms with Gasteiger partial charge in [0.05, 0.1) is 5.52 Å². The van der Waals surface area contributed by atoms with Crippen LogP contribution in [0.5, 0.6) is 0 Å². The summed E-state index contributed by atoms with van der Waals surface area (Å²) in [6.07, 6.45) is 0. The van der Waals surface area contributed by atoms with E-state index in [0.29, 0.717) is 16.6 Å². The molecule has 1 amide bonds. The minimum absolute atomic E-state index is 0.362. The van der Waals surface area contributed by atoms with Gasteiger partial charge >= 0.3 is 6.03 Å². The van der Waals surface area contributed by atoms with Crippen LogP contribution >= 0.6 is 0 Å². The lowest BCUT2D eigenvalue weighted by Gasteiger charge is -2.01. The fraction of sp³-hybridized carbons (Fsp3) is 0. The lowest BCUT2D eigenvalue weighted by molar-refractivity contribution is 0.248. The Labute approximate surface area is 130 Å². The van der Waals surface area contributed by atoms with E-state index in [1.807, 2.05) is 42.5 Å². The first-order valence-electron chi connectivity index (χ1n) is 7.11. The molecule has 0 aliphatic carbocycles. The van der Waals surface area contributed by atoms with Crippen molar-refractivity contribution in [2.24, 2.45) is 5.73 Å². The molecule has 0 bridgehead atoms. The summed E-state index contributed by atoms with van der Waals surface area (Å²) in [7, 11) is 0. The number of benzene rings is 3. The van der Waals surface area contributed by atoms with E-state index in [-0.39, 0.29) is 0 Å². The van der Waals surface area contributed by atoms with E-state index in [2.05, 4.69) is 5.10 Å². The molecule has 4 aromatic rings. The highest BCUT2D eigenvalue weighted by Crippen LogP contribution is 2.30. The standard InChI is InChI=1S/C18H12FN3O/c19-14-7-8-15-16(10-14)22(18(20)23)21-17(15)13-6-5-11-3-1-2-4-12(11)9-13/h1-10H,(H2,20,23). The van der Waals surface area contributed by atoms with Crippen molar-refractivity contribution in [1.82, 2.24) is 9.78 Å². The van der Waals surface area contributed by atoms with Crippen LogP contribution in [0.15, 0.2) is 60.7 Å². The third-order valence-corrected chi connectivity index (χ3v) is 3.87. The molecular weight excluding hydrogens is 293 g/mol. The number of halogens is 1.